The maximum absolute atomic E-state index is 5.90. The van der Waals surface area contributed by atoms with Crippen molar-refractivity contribution in [1.29, 1.82) is 0 Å². The van der Waals surface area contributed by atoms with E-state index < -0.39 is 0 Å². The van der Waals surface area contributed by atoms with Crippen LogP contribution in [-0.4, -0.2) is 6.61 Å². The molecule has 0 aliphatic carbocycles. The minimum atomic E-state index is 0.496. The molecule has 0 spiro atoms. The summed E-state index contributed by atoms with van der Waals surface area (Å²) in [6.07, 6.45) is 0.944. The molecule has 1 aromatic carbocycles. The van der Waals surface area contributed by atoms with Gasteiger partial charge in [0, 0.05) is 12.0 Å². The average Bonchev–Trinajstić information content (AvgIpc) is 2.84. The monoisotopic (exact) mass is 266 g/mol. The number of alkyl halides is 1. The molecule has 2 rings (SSSR count). The smallest absolute Gasteiger partial charge is 0.123 e. The Morgan fingerprint density at radius 1 is 1.29 bits per heavy atom. The first-order valence-electron chi connectivity index (χ1n) is 5.59. The summed E-state index contributed by atoms with van der Waals surface area (Å²) in [5.74, 6) is 1.40. The minimum absolute atomic E-state index is 0.496. The third-order valence-electron chi connectivity index (χ3n) is 2.59. The quantitative estimate of drug-likeness (QED) is 0.728. The molecular weight excluding hydrogens is 252 g/mol. The van der Waals surface area contributed by atoms with Crippen LogP contribution >= 0.6 is 22.9 Å². The minimum Gasteiger partial charge on any atom is -0.493 e. The third-order valence-corrected chi connectivity index (χ3v) is 3.61. The Kier molecular flexibility index (Phi) is 4.46. The Labute approximate surface area is 111 Å². The Hall–Kier alpha value is -0.990. The third kappa shape index (κ3) is 3.48. The Balaban J connectivity index is 1.94. The molecule has 0 amide bonds. The van der Waals surface area contributed by atoms with Crippen molar-refractivity contribution >= 4 is 22.9 Å². The predicted molar refractivity (Wildman–Crippen MR) is 74.3 cm³/mol. The summed E-state index contributed by atoms with van der Waals surface area (Å²) >= 11 is 7.62. The fourth-order valence-corrected chi connectivity index (χ4v) is 2.58. The lowest BCUT2D eigenvalue weighted by Crippen LogP contribution is -2.02. The molecule has 90 valence electrons. The van der Waals surface area contributed by atoms with E-state index >= 15 is 0 Å². The van der Waals surface area contributed by atoms with E-state index in [0.717, 1.165) is 17.7 Å². The molecule has 17 heavy (non-hydrogen) atoms. The normalized spacial score (nSPS) is 10.5. The summed E-state index contributed by atoms with van der Waals surface area (Å²) in [5.41, 5.74) is 3.61. The lowest BCUT2D eigenvalue weighted by Gasteiger charge is -2.10. The molecule has 1 heterocycles. The zero-order valence-corrected chi connectivity index (χ0v) is 11.4. The fourth-order valence-electron chi connectivity index (χ4n) is 1.67. The molecule has 0 atom stereocenters. The van der Waals surface area contributed by atoms with Crippen molar-refractivity contribution in [3.05, 3.63) is 51.7 Å². The first-order valence-corrected chi connectivity index (χ1v) is 7.06. The lowest BCUT2D eigenvalue weighted by atomic mass is 10.1. The predicted octanol–water partition coefficient (Wildman–Crippen LogP) is 4.42. The molecular formula is C14H15ClOS. The van der Waals surface area contributed by atoms with Gasteiger partial charge in [-0.1, -0.05) is 17.7 Å². The van der Waals surface area contributed by atoms with Crippen LogP contribution in [0.5, 0.6) is 5.75 Å². The van der Waals surface area contributed by atoms with E-state index in [4.69, 9.17) is 16.3 Å². The molecule has 1 nitrogen and oxygen atoms in total. The van der Waals surface area contributed by atoms with Gasteiger partial charge in [0.05, 0.1) is 12.5 Å². The molecule has 0 saturated heterocycles. The van der Waals surface area contributed by atoms with Crippen LogP contribution < -0.4 is 4.74 Å². The second kappa shape index (κ2) is 6.08. The van der Waals surface area contributed by atoms with E-state index in [1.165, 1.54) is 11.1 Å². The maximum atomic E-state index is 5.90. The van der Waals surface area contributed by atoms with Crippen molar-refractivity contribution in [3.8, 4) is 5.75 Å². The largest absolute Gasteiger partial charge is 0.493 e. The van der Waals surface area contributed by atoms with Gasteiger partial charge in [-0.15, -0.1) is 11.6 Å². The molecule has 2 aromatic rings. The van der Waals surface area contributed by atoms with Crippen LogP contribution in [0.1, 0.15) is 16.7 Å². The van der Waals surface area contributed by atoms with E-state index in [9.17, 15) is 0 Å². The molecule has 0 bridgehead atoms. The Morgan fingerprint density at radius 3 is 2.88 bits per heavy atom. The summed E-state index contributed by atoms with van der Waals surface area (Å²) in [4.78, 5) is 0. The highest BCUT2D eigenvalue weighted by Gasteiger charge is 2.03. The van der Waals surface area contributed by atoms with Crippen LogP contribution in [0.4, 0.5) is 0 Å². The summed E-state index contributed by atoms with van der Waals surface area (Å²) in [5, 5.41) is 4.24. The molecule has 0 saturated carbocycles. The second-order valence-corrected chi connectivity index (χ2v) is 5.02. The van der Waals surface area contributed by atoms with Gasteiger partial charge in [-0.05, 0) is 35.4 Å². The molecule has 0 aliphatic heterocycles. The van der Waals surface area contributed by atoms with Crippen LogP contribution in [0.15, 0.2) is 35.0 Å². The van der Waals surface area contributed by atoms with Crippen LogP contribution in [0, 0.1) is 6.92 Å². The highest BCUT2D eigenvalue weighted by atomic mass is 35.5. The zero-order chi connectivity index (χ0) is 12.1. The van der Waals surface area contributed by atoms with Crippen molar-refractivity contribution in [2.24, 2.45) is 0 Å². The number of aryl methyl sites for hydroxylation is 1. The topological polar surface area (TPSA) is 9.23 Å². The van der Waals surface area contributed by atoms with Gasteiger partial charge in [0.15, 0.2) is 0 Å². The number of halogens is 1. The van der Waals surface area contributed by atoms with Crippen molar-refractivity contribution in [2.75, 3.05) is 6.61 Å². The van der Waals surface area contributed by atoms with Gasteiger partial charge in [0.1, 0.15) is 5.75 Å². The standard InChI is InChI=1S/C14H15ClOS/c1-11-2-3-14(13(8-11)9-15)16-6-4-12-5-7-17-10-12/h2-3,5,7-8,10H,4,6,9H2,1H3. The SMILES string of the molecule is Cc1ccc(OCCc2ccsc2)c(CCl)c1. The molecule has 0 N–H and O–H groups in total. The van der Waals surface area contributed by atoms with Gasteiger partial charge < -0.3 is 4.74 Å². The van der Waals surface area contributed by atoms with E-state index in [1.54, 1.807) is 11.3 Å². The van der Waals surface area contributed by atoms with E-state index in [1.807, 2.05) is 6.07 Å². The second-order valence-electron chi connectivity index (χ2n) is 3.97. The number of thiophene rings is 1. The number of ether oxygens (including phenoxy) is 1. The number of benzene rings is 1. The molecule has 0 radical (unpaired) electrons. The van der Waals surface area contributed by atoms with Crippen molar-refractivity contribution in [2.45, 2.75) is 19.2 Å². The van der Waals surface area contributed by atoms with Gasteiger partial charge in [-0.25, -0.2) is 0 Å². The molecule has 0 unspecified atom stereocenters. The number of hydrogen-bond donors (Lipinski definition) is 0. The average molecular weight is 267 g/mol. The number of rotatable bonds is 5. The van der Waals surface area contributed by atoms with Crippen LogP contribution in [0.25, 0.3) is 0 Å². The van der Waals surface area contributed by atoms with Gasteiger partial charge in [0.25, 0.3) is 0 Å². The van der Waals surface area contributed by atoms with E-state index in [-0.39, 0.29) is 0 Å². The van der Waals surface area contributed by atoms with Crippen LogP contribution in [0.2, 0.25) is 0 Å². The first kappa shape index (κ1) is 12.5. The van der Waals surface area contributed by atoms with Gasteiger partial charge in [-0.2, -0.15) is 11.3 Å². The van der Waals surface area contributed by atoms with Crippen LogP contribution in [-0.2, 0) is 12.3 Å². The summed E-state index contributed by atoms with van der Waals surface area (Å²) < 4.78 is 5.78. The fraction of sp³-hybridized carbons (Fsp3) is 0.286. The maximum Gasteiger partial charge on any atom is 0.123 e. The van der Waals surface area contributed by atoms with Gasteiger partial charge >= 0.3 is 0 Å². The highest BCUT2D eigenvalue weighted by Crippen LogP contribution is 2.22. The van der Waals surface area contributed by atoms with Gasteiger partial charge in [0.2, 0.25) is 0 Å². The summed E-state index contributed by atoms with van der Waals surface area (Å²) in [6, 6.07) is 8.26. The zero-order valence-electron chi connectivity index (χ0n) is 9.78. The number of hydrogen-bond acceptors (Lipinski definition) is 2. The van der Waals surface area contributed by atoms with E-state index in [0.29, 0.717) is 12.5 Å². The first-order chi connectivity index (χ1) is 8.29. The van der Waals surface area contributed by atoms with Crippen molar-refractivity contribution < 1.29 is 4.74 Å². The summed E-state index contributed by atoms with van der Waals surface area (Å²) in [6.45, 7) is 2.76. The Morgan fingerprint density at radius 2 is 2.18 bits per heavy atom. The Bertz CT molecular complexity index is 465. The molecule has 1 aromatic heterocycles. The summed E-state index contributed by atoms with van der Waals surface area (Å²) in [7, 11) is 0. The highest BCUT2D eigenvalue weighted by molar-refractivity contribution is 7.07. The van der Waals surface area contributed by atoms with Crippen molar-refractivity contribution in [1.82, 2.24) is 0 Å². The van der Waals surface area contributed by atoms with E-state index in [2.05, 4.69) is 35.9 Å². The van der Waals surface area contributed by atoms with Crippen molar-refractivity contribution in [3.63, 3.8) is 0 Å². The molecule has 0 aliphatic rings. The van der Waals surface area contributed by atoms with Crippen LogP contribution in [0.3, 0.4) is 0 Å². The van der Waals surface area contributed by atoms with Gasteiger partial charge in [-0.3, -0.25) is 0 Å². The molecule has 0 fully saturated rings. The molecule has 3 heteroatoms. The lowest BCUT2D eigenvalue weighted by molar-refractivity contribution is 0.319.